The van der Waals surface area contributed by atoms with Crippen LogP contribution in [0.4, 0.5) is 0 Å². The first kappa shape index (κ1) is 16.5. The Hall–Kier alpha value is -0.550. The van der Waals surface area contributed by atoms with Gasteiger partial charge in [0.25, 0.3) is 0 Å². The second kappa shape index (κ2) is 8.59. The minimum atomic E-state index is 0. The predicted octanol–water partition coefficient (Wildman–Crippen LogP) is 4.62. The Morgan fingerprint density at radius 2 is 2.11 bits per heavy atom. The van der Waals surface area contributed by atoms with Crippen molar-refractivity contribution < 1.29 is 4.74 Å². The van der Waals surface area contributed by atoms with Gasteiger partial charge in [0.2, 0.25) is 0 Å². The number of rotatable bonds is 6. The molecule has 1 N–H and O–H groups in total. The summed E-state index contributed by atoms with van der Waals surface area (Å²) < 4.78 is 6.50. The van der Waals surface area contributed by atoms with Crippen molar-refractivity contribution in [2.45, 2.75) is 20.0 Å². The zero-order valence-corrected chi connectivity index (χ0v) is 13.9. The summed E-state index contributed by atoms with van der Waals surface area (Å²) in [6.45, 7) is 4.46. The Kier molecular flexibility index (Phi) is 7.46. The molecule has 1 aromatic heterocycles. The average molecular weight is 363 g/mol. The molecule has 0 aliphatic heterocycles. The van der Waals surface area contributed by atoms with E-state index in [1.807, 2.05) is 13.0 Å². The number of thiophene rings is 1. The zero-order valence-electron chi connectivity index (χ0n) is 10.7. The summed E-state index contributed by atoms with van der Waals surface area (Å²) in [5, 5.41) is 5.53. The van der Waals surface area contributed by atoms with Crippen molar-refractivity contribution in [2.75, 3.05) is 6.61 Å². The molecule has 0 amide bonds. The van der Waals surface area contributed by atoms with E-state index in [-0.39, 0.29) is 12.4 Å². The lowest BCUT2D eigenvalue weighted by molar-refractivity contribution is 0.338. The van der Waals surface area contributed by atoms with Gasteiger partial charge in [0.15, 0.2) is 0 Å². The molecule has 0 aliphatic carbocycles. The second-order valence-electron chi connectivity index (χ2n) is 3.88. The largest absolute Gasteiger partial charge is 0.493 e. The van der Waals surface area contributed by atoms with Crippen LogP contribution in [0, 0.1) is 0 Å². The van der Waals surface area contributed by atoms with Crippen LogP contribution in [-0.4, -0.2) is 6.61 Å². The Morgan fingerprint density at radius 3 is 2.74 bits per heavy atom. The van der Waals surface area contributed by atoms with Crippen molar-refractivity contribution in [3.63, 3.8) is 0 Å². The van der Waals surface area contributed by atoms with Crippen molar-refractivity contribution in [3.05, 3.63) is 50.6 Å². The van der Waals surface area contributed by atoms with Gasteiger partial charge in [-0.05, 0) is 52.0 Å². The van der Waals surface area contributed by atoms with E-state index in [0.29, 0.717) is 6.61 Å². The SMILES string of the molecule is CCOc1ccc(CNCc2cccs2)cc1Br.Cl. The molecule has 1 aromatic carbocycles. The summed E-state index contributed by atoms with van der Waals surface area (Å²) >= 11 is 5.31. The smallest absolute Gasteiger partial charge is 0.133 e. The average Bonchev–Trinajstić information content (AvgIpc) is 2.86. The van der Waals surface area contributed by atoms with Crippen molar-refractivity contribution in [1.82, 2.24) is 5.32 Å². The summed E-state index contributed by atoms with van der Waals surface area (Å²) in [5.41, 5.74) is 1.25. The summed E-state index contributed by atoms with van der Waals surface area (Å²) in [6.07, 6.45) is 0. The number of ether oxygens (including phenoxy) is 1. The third-order valence-corrected chi connectivity index (χ3v) is 4.00. The Bertz CT molecular complexity index is 490. The van der Waals surface area contributed by atoms with Crippen molar-refractivity contribution in [1.29, 1.82) is 0 Å². The molecule has 2 rings (SSSR count). The fourth-order valence-electron chi connectivity index (χ4n) is 1.67. The molecule has 0 aliphatic rings. The van der Waals surface area contributed by atoms with E-state index < -0.39 is 0 Å². The predicted molar refractivity (Wildman–Crippen MR) is 87.4 cm³/mol. The molecule has 0 atom stereocenters. The molecule has 0 radical (unpaired) electrons. The van der Waals surface area contributed by atoms with Crippen molar-refractivity contribution >= 4 is 39.7 Å². The number of hydrogen-bond acceptors (Lipinski definition) is 3. The summed E-state index contributed by atoms with van der Waals surface area (Å²) in [7, 11) is 0. The van der Waals surface area contributed by atoms with Gasteiger partial charge in [-0.25, -0.2) is 0 Å². The van der Waals surface area contributed by atoms with E-state index in [0.717, 1.165) is 23.3 Å². The molecule has 0 spiro atoms. The molecule has 104 valence electrons. The van der Waals surface area contributed by atoms with Crippen LogP contribution in [0.2, 0.25) is 0 Å². The summed E-state index contributed by atoms with van der Waals surface area (Å²) in [4.78, 5) is 1.36. The molecule has 0 fully saturated rings. The van der Waals surface area contributed by atoms with Crippen LogP contribution < -0.4 is 10.1 Å². The first-order valence-electron chi connectivity index (χ1n) is 5.94. The first-order chi connectivity index (χ1) is 8.79. The van der Waals surface area contributed by atoms with Crippen LogP contribution in [0.25, 0.3) is 0 Å². The van der Waals surface area contributed by atoms with E-state index in [4.69, 9.17) is 4.74 Å². The molecule has 1 heterocycles. The van der Waals surface area contributed by atoms with Crippen LogP contribution in [0.15, 0.2) is 40.2 Å². The molecule has 19 heavy (non-hydrogen) atoms. The Morgan fingerprint density at radius 1 is 1.26 bits per heavy atom. The number of benzene rings is 1. The van der Waals surface area contributed by atoms with E-state index in [1.54, 1.807) is 11.3 Å². The first-order valence-corrected chi connectivity index (χ1v) is 7.61. The minimum absolute atomic E-state index is 0. The number of nitrogens with one attached hydrogen (secondary N) is 1. The standard InChI is InChI=1S/C14H16BrNOS.ClH/c1-2-17-14-6-5-11(8-13(14)15)9-16-10-12-4-3-7-18-12;/h3-8,16H,2,9-10H2,1H3;1H. The molecule has 0 unspecified atom stereocenters. The van der Waals surface area contributed by atoms with Gasteiger partial charge in [0, 0.05) is 18.0 Å². The van der Waals surface area contributed by atoms with E-state index in [9.17, 15) is 0 Å². The molecule has 2 nitrogen and oxygen atoms in total. The zero-order chi connectivity index (χ0) is 12.8. The maximum Gasteiger partial charge on any atom is 0.133 e. The van der Waals surface area contributed by atoms with Gasteiger partial charge in [-0.15, -0.1) is 23.7 Å². The quantitative estimate of drug-likeness (QED) is 0.809. The van der Waals surface area contributed by atoms with Gasteiger partial charge in [0.1, 0.15) is 5.75 Å². The second-order valence-corrected chi connectivity index (χ2v) is 5.77. The monoisotopic (exact) mass is 361 g/mol. The van der Waals surface area contributed by atoms with Gasteiger partial charge in [-0.3, -0.25) is 0 Å². The lowest BCUT2D eigenvalue weighted by Crippen LogP contribution is -2.11. The van der Waals surface area contributed by atoms with Crippen LogP contribution in [0.1, 0.15) is 17.4 Å². The summed E-state index contributed by atoms with van der Waals surface area (Å²) in [5.74, 6) is 0.902. The third kappa shape index (κ3) is 5.15. The molecule has 0 saturated heterocycles. The fraction of sp³-hybridized carbons (Fsp3) is 0.286. The van der Waals surface area contributed by atoms with Gasteiger partial charge in [0.05, 0.1) is 11.1 Å². The van der Waals surface area contributed by atoms with Crippen LogP contribution in [0.5, 0.6) is 5.75 Å². The van der Waals surface area contributed by atoms with Crippen molar-refractivity contribution in [3.8, 4) is 5.75 Å². The van der Waals surface area contributed by atoms with Gasteiger partial charge in [-0.1, -0.05) is 12.1 Å². The highest BCUT2D eigenvalue weighted by Crippen LogP contribution is 2.25. The lowest BCUT2D eigenvalue weighted by Gasteiger charge is -2.08. The van der Waals surface area contributed by atoms with E-state index in [2.05, 4.69) is 50.9 Å². The highest BCUT2D eigenvalue weighted by molar-refractivity contribution is 9.10. The molecule has 2 aromatic rings. The topological polar surface area (TPSA) is 21.3 Å². The molecular formula is C14H17BrClNOS. The fourth-order valence-corrected chi connectivity index (χ4v) is 2.89. The Labute approximate surface area is 132 Å². The molecule has 0 saturated carbocycles. The van der Waals surface area contributed by atoms with E-state index in [1.165, 1.54) is 10.4 Å². The Balaban J connectivity index is 0.00000180. The third-order valence-electron chi connectivity index (χ3n) is 2.50. The maximum absolute atomic E-state index is 5.49. The van der Waals surface area contributed by atoms with Gasteiger partial charge in [-0.2, -0.15) is 0 Å². The molecular weight excluding hydrogens is 346 g/mol. The number of halogens is 2. The molecule has 0 bridgehead atoms. The van der Waals surface area contributed by atoms with Crippen LogP contribution >= 0.6 is 39.7 Å². The van der Waals surface area contributed by atoms with Crippen LogP contribution in [0.3, 0.4) is 0 Å². The van der Waals surface area contributed by atoms with Gasteiger partial charge >= 0.3 is 0 Å². The summed E-state index contributed by atoms with van der Waals surface area (Å²) in [6, 6.07) is 10.4. The van der Waals surface area contributed by atoms with Crippen LogP contribution in [-0.2, 0) is 13.1 Å². The normalized spacial score (nSPS) is 10.0. The minimum Gasteiger partial charge on any atom is -0.493 e. The van der Waals surface area contributed by atoms with Crippen molar-refractivity contribution in [2.24, 2.45) is 0 Å². The lowest BCUT2D eigenvalue weighted by atomic mass is 10.2. The maximum atomic E-state index is 5.49. The number of hydrogen-bond donors (Lipinski definition) is 1. The molecule has 5 heteroatoms. The van der Waals surface area contributed by atoms with E-state index >= 15 is 0 Å². The highest BCUT2D eigenvalue weighted by Gasteiger charge is 2.02. The van der Waals surface area contributed by atoms with Gasteiger partial charge < -0.3 is 10.1 Å². The highest BCUT2D eigenvalue weighted by atomic mass is 79.9.